The Kier molecular flexibility index (Phi) is 6.61. The summed E-state index contributed by atoms with van der Waals surface area (Å²) in [6, 6.07) is 9.79. The molecule has 0 spiro atoms. The van der Waals surface area contributed by atoms with E-state index in [0.717, 1.165) is 29.5 Å². The van der Waals surface area contributed by atoms with Crippen molar-refractivity contribution in [1.29, 1.82) is 0 Å². The Morgan fingerprint density at radius 1 is 1.18 bits per heavy atom. The van der Waals surface area contributed by atoms with Crippen molar-refractivity contribution >= 4 is 39.0 Å². The molecule has 2 heterocycles. The van der Waals surface area contributed by atoms with Crippen LogP contribution in [0.2, 0.25) is 4.34 Å². The second-order valence-electron chi connectivity index (χ2n) is 6.75. The van der Waals surface area contributed by atoms with Gasteiger partial charge in [0.2, 0.25) is 10.0 Å². The van der Waals surface area contributed by atoms with Crippen molar-refractivity contribution in [3.63, 3.8) is 0 Å². The number of hydrogen-bond acceptors (Lipinski definition) is 5. The van der Waals surface area contributed by atoms with Crippen LogP contribution in [0.15, 0.2) is 41.3 Å². The van der Waals surface area contributed by atoms with Gasteiger partial charge in [-0.05, 0) is 36.8 Å². The van der Waals surface area contributed by atoms with Gasteiger partial charge < -0.3 is 10.2 Å². The zero-order valence-electron chi connectivity index (χ0n) is 15.5. The number of primary sulfonamides is 1. The van der Waals surface area contributed by atoms with Gasteiger partial charge in [0.1, 0.15) is 0 Å². The predicted octanol–water partition coefficient (Wildman–Crippen LogP) is 2.64. The van der Waals surface area contributed by atoms with Crippen molar-refractivity contribution in [2.75, 3.05) is 26.2 Å². The first-order chi connectivity index (χ1) is 13.2. The van der Waals surface area contributed by atoms with Gasteiger partial charge >= 0.3 is 6.03 Å². The minimum Gasteiger partial charge on any atom is -0.331 e. The van der Waals surface area contributed by atoms with Gasteiger partial charge in [-0.2, -0.15) is 0 Å². The lowest BCUT2D eigenvalue weighted by atomic mass is 10.1. The molecule has 1 aromatic heterocycles. The highest BCUT2D eigenvalue weighted by atomic mass is 35.5. The molecule has 1 aliphatic rings. The molecule has 1 aliphatic heterocycles. The van der Waals surface area contributed by atoms with Crippen LogP contribution in [0.3, 0.4) is 0 Å². The maximum Gasteiger partial charge on any atom is 0.317 e. The summed E-state index contributed by atoms with van der Waals surface area (Å²) >= 11 is 7.56. The molecule has 3 N–H and O–H groups in total. The quantitative estimate of drug-likeness (QED) is 0.743. The maximum absolute atomic E-state index is 12.5. The van der Waals surface area contributed by atoms with Gasteiger partial charge in [0, 0.05) is 37.6 Å². The molecule has 7 nitrogen and oxygen atoms in total. The van der Waals surface area contributed by atoms with Crippen molar-refractivity contribution < 1.29 is 13.2 Å². The number of sulfonamides is 1. The summed E-state index contributed by atoms with van der Waals surface area (Å²) < 4.78 is 23.5. The standard InChI is InChI=1S/C18H23ClN4O3S2/c1-13(14-2-5-16(6-3-14)28(20,25)26)21-18(24)23-10-8-22(9-11-23)12-15-4-7-17(19)27-15/h2-7,13H,8-12H2,1H3,(H,21,24)(H2,20,25,26). The van der Waals surface area contributed by atoms with E-state index in [9.17, 15) is 13.2 Å². The second kappa shape index (κ2) is 8.79. The first kappa shape index (κ1) is 21.1. The van der Waals surface area contributed by atoms with Crippen molar-refractivity contribution in [3.8, 4) is 0 Å². The normalized spacial score (nSPS) is 16.8. The zero-order valence-corrected chi connectivity index (χ0v) is 17.9. The SMILES string of the molecule is CC(NC(=O)N1CCN(Cc2ccc(Cl)s2)CC1)c1ccc(S(N)(=O)=O)cc1. The van der Waals surface area contributed by atoms with Crippen LogP contribution in [0.5, 0.6) is 0 Å². The van der Waals surface area contributed by atoms with Crippen LogP contribution in [0, 0.1) is 0 Å². The van der Waals surface area contributed by atoms with E-state index in [2.05, 4.69) is 10.2 Å². The van der Waals surface area contributed by atoms with E-state index < -0.39 is 10.0 Å². The van der Waals surface area contributed by atoms with Crippen molar-refractivity contribution in [2.24, 2.45) is 5.14 Å². The molecule has 1 aromatic carbocycles. The van der Waals surface area contributed by atoms with Crippen molar-refractivity contribution in [2.45, 2.75) is 24.4 Å². The second-order valence-corrected chi connectivity index (χ2v) is 10.1. The number of rotatable bonds is 5. The molecule has 10 heteroatoms. The minimum absolute atomic E-state index is 0.0536. The van der Waals surface area contributed by atoms with Gasteiger partial charge in [0.25, 0.3) is 0 Å². The van der Waals surface area contributed by atoms with Gasteiger partial charge in [-0.25, -0.2) is 18.4 Å². The fraction of sp³-hybridized carbons (Fsp3) is 0.389. The Labute approximate surface area is 174 Å². The average molecular weight is 443 g/mol. The number of carbonyl (C=O) groups excluding carboxylic acids is 1. The van der Waals surface area contributed by atoms with E-state index in [1.54, 1.807) is 28.4 Å². The fourth-order valence-corrected chi connectivity index (χ4v) is 4.72. The van der Waals surface area contributed by atoms with Crippen molar-refractivity contribution in [1.82, 2.24) is 15.1 Å². The molecule has 0 radical (unpaired) electrons. The third-order valence-corrected chi connectivity index (χ3v) is 6.86. The molecule has 1 unspecified atom stereocenters. The maximum atomic E-state index is 12.5. The molecular weight excluding hydrogens is 420 g/mol. The number of nitrogens with zero attached hydrogens (tertiary/aromatic N) is 2. The van der Waals surface area contributed by atoms with Gasteiger partial charge in [0.05, 0.1) is 15.3 Å². The monoisotopic (exact) mass is 442 g/mol. The lowest BCUT2D eigenvalue weighted by Crippen LogP contribution is -2.51. The number of thiophene rings is 1. The molecule has 3 rings (SSSR count). The Balaban J connectivity index is 1.49. The average Bonchev–Trinajstić information content (AvgIpc) is 3.06. The number of benzene rings is 1. The Bertz CT molecular complexity index is 923. The van der Waals surface area contributed by atoms with Gasteiger partial charge in [-0.3, -0.25) is 4.90 Å². The summed E-state index contributed by atoms with van der Waals surface area (Å²) in [6.07, 6.45) is 0. The number of nitrogens with two attached hydrogens (primary N) is 1. The smallest absolute Gasteiger partial charge is 0.317 e. The van der Waals surface area contributed by atoms with E-state index in [1.807, 2.05) is 19.1 Å². The van der Waals surface area contributed by atoms with E-state index in [1.165, 1.54) is 17.0 Å². The topological polar surface area (TPSA) is 95.7 Å². The summed E-state index contributed by atoms with van der Waals surface area (Å²) in [4.78, 5) is 17.9. The van der Waals surface area contributed by atoms with Crippen LogP contribution in [0.4, 0.5) is 4.79 Å². The third-order valence-electron chi connectivity index (χ3n) is 4.72. The molecule has 2 amide bonds. The van der Waals surface area contributed by atoms with Crippen LogP contribution >= 0.6 is 22.9 Å². The highest BCUT2D eigenvalue weighted by Crippen LogP contribution is 2.23. The van der Waals surface area contributed by atoms with Crippen LogP contribution < -0.4 is 10.5 Å². The molecular formula is C18H23ClN4O3S2. The van der Waals surface area contributed by atoms with Crippen LogP contribution in [-0.2, 0) is 16.6 Å². The van der Waals surface area contributed by atoms with E-state index in [-0.39, 0.29) is 17.0 Å². The Hall–Kier alpha value is -1.65. The van der Waals surface area contributed by atoms with Gasteiger partial charge in [-0.15, -0.1) is 11.3 Å². The number of nitrogens with one attached hydrogen (secondary N) is 1. The first-order valence-electron chi connectivity index (χ1n) is 8.87. The number of amides is 2. The van der Waals surface area contributed by atoms with Gasteiger partial charge in [-0.1, -0.05) is 23.7 Å². The molecule has 1 atom stereocenters. The molecule has 28 heavy (non-hydrogen) atoms. The summed E-state index contributed by atoms with van der Waals surface area (Å²) in [7, 11) is -3.72. The number of urea groups is 1. The van der Waals surface area contributed by atoms with Crippen LogP contribution in [0.25, 0.3) is 0 Å². The third kappa shape index (κ3) is 5.45. The molecule has 152 valence electrons. The van der Waals surface area contributed by atoms with Gasteiger partial charge in [0.15, 0.2) is 0 Å². The molecule has 0 saturated carbocycles. The number of halogens is 1. The highest BCUT2D eigenvalue weighted by Gasteiger charge is 2.23. The largest absolute Gasteiger partial charge is 0.331 e. The molecule has 2 aromatic rings. The first-order valence-corrected chi connectivity index (χ1v) is 11.6. The Morgan fingerprint density at radius 3 is 2.36 bits per heavy atom. The molecule has 0 aliphatic carbocycles. The molecule has 1 saturated heterocycles. The summed E-state index contributed by atoms with van der Waals surface area (Å²) in [5, 5.41) is 8.07. The lowest BCUT2D eigenvalue weighted by molar-refractivity contribution is 0.134. The number of piperazine rings is 1. The van der Waals surface area contributed by atoms with Crippen LogP contribution in [-0.4, -0.2) is 50.4 Å². The van der Waals surface area contributed by atoms with Crippen LogP contribution in [0.1, 0.15) is 23.4 Å². The zero-order chi connectivity index (χ0) is 20.3. The number of carbonyl (C=O) groups is 1. The summed E-state index contributed by atoms with van der Waals surface area (Å²) in [6.45, 7) is 5.63. The summed E-state index contributed by atoms with van der Waals surface area (Å²) in [5.41, 5.74) is 0.814. The molecule has 0 bridgehead atoms. The fourth-order valence-electron chi connectivity index (χ4n) is 3.07. The lowest BCUT2D eigenvalue weighted by Gasteiger charge is -2.35. The Morgan fingerprint density at radius 2 is 1.82 bits per heavy atom. The van der Waals surface area contributed by atoms with E-state index >= 15 is 0 Å². The van der Waals surface area contributed by atoms with E-state index in [0.29, 0.717) is 13.1 Å². The summed E-state index contributed by atoms with van der Waals surface area (Å²) in [5.74, 6) is 0. The predicted molar refractivity (Wildman–Crippen MR) is 111 cm³/mol. The number of hydrogen-bond donors (Lipinski definition) is 2. The highest BCUT2D eigenvalue weighted by molar-refractivity contribution is 7.89. The van der Waals surface area contributed by atoms with E-state index in [4.69, 9.17) is 16.7 Å². The van der Waals surface area contributed by atoms with Crippen molar-refractivity contribution in [3.05, 3.63) is 51.2 Å². The molecule has 1 fully saturated rings. The minimum atomic E-state index is -3.72.